The van der Waals surface area contributed by atoms with Crippen LogP contribution in [-0.2, 0) is 9.53 Å². The summed E-state index contributed by atoms with van der Waals surface area (Å²) in [5, 5.41) is 0. The molecule has 18 heavy (non-hydrogen) atoms. The van der Waals surface area contributed by atoms with Crippen LogP contribution in [0.25, 0.3) is 0 Å². The predicted molar refractivity (Wildman–Crippen MR) is 76.5 cm³/mol. The number of carbonyl (C=O) groups is 1. The van der Waals surface area contributed by atoms with Gasteiger partial charge in [-0.15, -0.1) is 0 Å². The zero-order chi connectivity index (χ0) is 14.1. The standard InChI is InChI=1S/C12H17IN2O3/c1-7(11(17)18-12(3,4)5)15-8(2)14-6-9(13)10(15)16/h6-7H,1-5H3. The summed E-state index contributed by atoms with van der Waals surface area (Å²) in [5.41, 5.74) is -0.792. The Kier molecular flexibility index (Phi) is 4.52. The second kappa shape index (κ2) is 5.38. The molecular formula is C12H17IN2O3. The monoisotopic (exact) mass is 364 g/mol. The Morgan fingerprint density at radius 2 is 2.06 bits per heavy atom. The molecule has 1 aromatic rings. The first kappa shape index (κ1) is 15.1. The van der Waals surface area contributed by atoms with Gasteiger partial charge in [0, 0.05) is 6.20 Å². The van der Waals surface area contributed by atoms with Gasteiger partial charge in [0.1, 0.15) is 17.5 Å². The number of aryl methyl sites for hydroxylation is 1. The number of nitrogens with zero attached hydrogens (tertiary/aromatic N) is 2. The second-order valence-corrected chi connectivity index (χ2v) is 6.20. The number of ether oxygens (including phenoxy) is 1. The maximum absolute atomic E-state index is 12.0. The van der Waals surface area contributed by atoms with Crippen LogP contribution in [0.3, 0.4) is 0 Å². The van der Waals surface area contributed by atoms with E-state index in [0.29, 0.717) is 9.39 Å². The minimum Gasteiger partial charge on any atom is -0.458 e. The molecule has 0 aliphatic heterocycles. The summed E-state index contributed by atoms with van der Waals surface area (Å²) < 4.78 is 7.11. The summed E-state index contributed by atoms with van der Waals surface area (Å²) >= 11 is 1.90. The highest BCUT2D eigenvalue weighted by Gasteiger charge is 2.25. The van der Waals surface area contributed by atoms with Gasteiger partial charge in [-0.05, 0) is 57.2 Å². The fourth-order valence-corrected chi connectivity index (χ4v) is 1.88. The van der Waals surface area contributed by atoms with Gasteiger partial charge in [0.05, 0.1) is 3.57 Å². The van der Waals surface area contributed by atoms with Crippen LogP contribution in [0.4, 0.5) is 0 Å². The first-order chi connectivity index (χ1) is 8.13. The highest BCUT2D eigenvalue weighted by Crippen LogP contribution is 2.14. The van der Waals surface area contributed by atoms with Gasteiger partial charge in [0.15, 0.2) is 0 Å². The Bertz CT molecular complexity index is 517. The molecule has 0 spiro atoms. The van der Waals surface area contributed by atoms with E-state index in [-0.39, 0.29) is 5.56 Å². The minimum absolute atomic E-state index is 0.221. The van der Waals surface area contributed by atoms with E-state index >= 15 is 0 Å². The zero-order valence-electron chi connectivity index (χ0n) is 11.2. The molecule has 1 heterocycles. The van der Waals surface area contributed by atoms with Gasteiger partial charge in [-0.2, -0.15) is 0 Å². The average molecular weight is 364 g/mol. The van der Waals surface area contributed by atoms with Crippen molar-refractivity contribution in [2.24, 2.45) is 0 Å². The van der Waals surface area contributed by atoms with Crippen LogP contribution in [0.2, 0.25) is 0 Å². The summed E-state index contributed by atoms with van der Waals surface area (Å²) in [7, 11) is 0. The molecule has 100 valence electrons. The van der Waals surface area contributed by atoms with Crippen LogP contribution >= 0.6 is 22.6 Å². The summed E-state index contributed by atoms with van der Waals surface area (Å²) in [6, 6.07) is -0.682. The fourth-order valence-electron chi connectivity index (χ4n) is 1.48. The van der Waals surface area contributed by atoms with Crippen LogP contribution < -0.4 is 5.56 Å². The quantitative estimate of drug-likeness (QED) is 0.596. The summed E-state index contributed by atoms with van der Waals surface area (Å²) in [4.78, 5) is 28.1. The Labute approximate surface area is 120 Å². The third kappa shape index (κ3) is 3.54. The number of halogens is 1. The molecule has 0 aromatic carbocycles. The lowest BCUT2D eigenvalue weighted by Gasteiger charge is -2.23. The molecular weight excluding hydrogens is 347 g/mol. The van der Waals surface area contributed by atoms with E-state index in [1.807, 2.05) is 22.6 Å². The smallest absolute Gasteiger partial charge is 0.329 e. The molecule has 0 saturated heterocycles. The van der Waals surface area contributed by atoms with Crippen LogP contribution in [0.1, 0.15) is 39.6 Å². The highest BCUT2D eigenvalue weighted by molar-refractivity contribution is 14.1. The Morgan fingerprint density at radius 1 is 1.50 bits per heavy atom. The van der Waals surface area contributed by atoms with Gasteiger partial charge >= 0.3 is 5.97 Å². The van der Waals surface area contributed by atoms with Gasteiger partial charge < -0.3 is 4.74 Å². The molecule has 0 N–H and O–H groups in total. The van der Waals surface area contributed by atoms with Crippen molar-refractivity contribution < 1.29 is 9.53 Å². The van der Waals surface area contributed by atoms with E-state index in [1.54, 1.807) is 34.6 Å². The molecule has 0 radical (unpaired) electrons. The van der Waals surface area contributed by atoms with E-state index in [0.717, 1.165) is 0 Å². The van der Waals surface area contributed by atoms with Crippen molar-refractivity contribution in [3.8, 4) is 0 Å². The zero-order valence-corrected chi connectivity index (χ0v) is 13.3. The van der Waals surface area contributed by atoms with Gasteiger partial charge in [0.25, 0.3) is 5.56 Å². The van der Waals surface area contributed by atoms with Crippen molar-refractivity contribution in [2.75, 3.05) is 0 Å². The third-order valence-electron chi connectivity index (χ3n) is 2.27. The largest absolute Gasteiger partial charge is 0.458 e. The minimum atomic E-state index is -0.682. The van der Waals surface area contributed by atoms with Gasteiger partial charge in [0.2, 0.25) is 0 Å². The van der Waals surface area contributed by atoms with Gasteiger partial charge in [-0.3, -0.25) is 9.36 Å². The van der Waals surface area contributed by atoms with Crippen molar-refractivity contribution in [1.82, 2.24) is 9.55 Å². The number of carbonyl (C=O) groups excluding carboxylic acids is 1. The van der Waals surface area contributed by atoms with Crippen LogP contribution in [0, 0.1) is 10.5 Å². The number of hydrogen-bond acceptors (Lipinski definition) is 4. The molecule has 1 atom stereocenters. The molecule has 6 heteroatoms. The van der Waals surface area contributed by atoms with Gasteiger partial charge in [-0.1, -0.05) is 0 Å². The lowest BCUT2D eigenvalue weighted by atomic mass is 10.2. The van der Waals surface area contributed by atoms with E-state index in [2.05, 4.69) is 4.98 Å². The Balaban J connectivity index is 3.12. The Hall–Kier alpha value is -0.920. The molecule has 0 aliphatic carbocycles. The van der Waals surface area contributed by atoms with Crippen LogP contribution in [0.15, 0.2) is 11.0 Å². The van der Waals surface area contributed by atoms with Crippen molar-refractivity contribution in [2.45, 2.75) is 46.3 Å². The van der Waals surface area contributed by atoms with Crippen molar-refractivity contribution >= 4 is 28.6 Å². The summed E-state index contributed by atoms with van der Waals surface area (Å²) in [6.45, 7) is 8.71. The third-order valence-corrected chi connectivity index (χ3v) is 3.01. The molecule has 0 bridgehead atoms. The molecule has 0 saturated carbocycles. The molecule has 1 rings (SSSR count). The number of aromatic nitrogens is 2. The lowest BCUT2D eigenvalue weighted by molar-refractivity contribution is -0.158. The Morgan fingerprint density at radius 3 is 2.56 bits per heavy atom. The molecule has 0 aliphatic rings. The van der Waals surface area contributed by atoms with Crippen molar-refractivity contribution in [3.05, 3.63) is 25.9 Å². The normalized spacial score (nSPS) is 13.2. The number of esters is 1. The fraction of sp³-hybridized carbons (Fsp3) is 0.583. The predicted octanol–water partition coefficient (Wildman–Crippen LogP) is 2.06. The van der Waals surface area contributed by atoms with Crippen LogP contribution in [-0.4, -0.2) is 21.1 Å². The first-order valence-corrected chi connectivity index (χ1v) is 6.68. The van der Waals surface area contributed by atoms with E-state index < -0.39 is 17.6 Å². The van der Waals surface area contributed by atoms with Gasteiger partial charge in [-0.25, -0.2) is 9.78 Å². The first-order valence-electron chi connectivity index (χ1n) is 5.60. The van der Waals surface area contributed by atoms with E-state index in [4.69, 9.17) is 4.74 Å². The molecule has 1 aromatic heterocycles. The summed E-state index contributed by atoms with van der Waals surface area (Å²) in [6.07, 6.45) is 1.50. The maximum atomic E-state index is 12.0. The second-order valence-electron chi connectivity index (χ2n) is 5.04. The molecule has 1 unspecified atom stereocenters. The molecule has 0 amide bonds. The average Bonchev–Trinajstić information content (AvgIpc) is 2.21. The van der Waals surface area contributed by atoms with E-state index in [1.165, 1.54) is 10.8 Å². The molecule has 0 fully saturated rings. The lowest BCUT2D eigenvalue weighted by Crippen LogP contribution is -2.36. The highest BCUT2D eigenvalue weighted by atomic mass is 127. The maximum Gasteiger partial charge on any atom is 0.329 e. The van der Waals surface area contributed by atoms with Crippen LogP contribution in [0.5, 0.6) is 0 Å². The number of hydrogen-bond donors (Lipinski definition) is 0. The SMILES string of the molecule is Cc1ncc(I)c(=O)n1C(C)C(=O)OC(C)(C)C. The van der Waals surface area contributed by atoms with Crippen molar-refractivity contribution in [3.63, 3.8) is 0 Å². The molecule has 5 nitrogen and oxygen atoms in total. The summed E-state index contributed by atoms with van der Waals surface area (Å²) in [5.74, 6) is 0.0651. The van der Waals surface area contributed by atoms with Crippen molar-refractivity contribution in [1.29, 1.82) is 0 Å². The topological polar surface area (TPSA) is 61.2 Å². The number of rotatable bonds is 2. The van der Waals surface area contributed by atoms with E-state index in [9.17, 15) is 9.59 Å².